The van der Waals surface area contributed by atoms with Gasteiger partial charge in [0.1, 0.15) is 5.75 Å². The number of thioether (sulfide) groups is 1. The fourth-order valence-corrected chi connectivity index (χ4v) is 5.11. The summed E-state index contributed by atoms with van der Waals surface area (Å²) in [6, 6.07) is 24.1. The number of nitrogens with one attached hydrogen (secondary N) is 1. The van der Waals surface area contributed by atoms with Gasteiger partial charge in [-0.15, -0.1) is 0 Å². The maximum atomic E-state index is 12.5. The Morgan fingerprint density at radius 1 is 0.943 bits per heavy atom. The van der Waals surface area contributed by atoms with Crippen LogP contribution in [-0.4, -0.2) is 56.4 Å². The van der Waals surface area contributed by atoms with Crippen LogP contribution in [0.4, 0.5) is 5.69 Å². The number of anilines is 1. The normalized spacial score (nSPS) is 14.1. The molecule has 0 radical (unpaired) electrons. The SMILES string of the molecule is COc1ccccc1N1CCN(Cc2ccc(C(=O)NCCSCc3ccc(Cl)cc3)cc2)CC1. The molecule has 0 unspecified atom stereocenters. The van der Waals surface area contributed by atoms with Crippen LogP contribution in [0.15, 0.2) is 72.8 Å². The molecule has 0 atom stereocenters. The lowest BCUT2D eigenvalue weighted by molar-refractivity contribution is 0.0956. The second kappa shape index (κ2) is 12.9. The predicted molar refractivity (Wildman–Crippen MR) is 147 cm³/mol. The second-order valence-corrected chi connectivity index (χ2v) is 10.1. The maximum Gasteiger partial charge on any atom is 0.251 e. The summed E-state index contributed by atoms with van der Waals surface area (Å²) < 4.78 is 5.52. The number of carbonyl (C=O) groups excluding carboxylic acids is 1. The van der Waals surface area contributed by atoms with E-state index in [4.69, 9.17) is 16.3 Å². The average Bonchev–Trinajstić information content (AvgIpc) is 2.90. The summed E-state index contributed by atoms with van der Waals surface area (Å²) in [5, 5.41) is 3.77. The van der Waals surface area contributed by atoms with Crippen LogP contribution >= 0.6 is 23.4 Å². The molecule has 3 aromatic rings. The van der Waals surface area contributed by atoms with Crippen LogP contribution in [0.25, 0.3) is 0 Å². The van der Waals surface area contributed by atoms with E-state index in [1.54, 1.807) is 18.9 Å². The van der Waals surface area contributed by atoms with Crippen molar-refractivity contribution in [1.29, 1.82) is 0 Å². The molecule has 1 heterocycles. The number of hydrogen-bond donors (Lipinski definition) is 1. The Kier molecular flexibility index (Phi) is 9.35. The molecule has 0 spiro atoms. The van der Waals surface area contributed by atoms with Gasteiger partial charge in [0.05, 0.1) is 12.8 Å². The van der Waals surface area contributed by atoms with Gasteiger partial charge in [-0.25, -0.2) is 0 Å². The van der Waals surface area contributed by atoms with E-state index < -0.39 is 0 Å². The van der Waals surface area contributed by atoms with Gasteiger partial charge in [-0.1, -0.05) is 48.0 Å². The van der Waals surface area contributed by atoms with E-state index in [-0.39, 0.29) is 5.91 Å². The lowest BCUT2D eigenvalue weighted by Crippen LogP contribution is -2.46. The highest BCUT2D eigenvalue weighted by Gasteiger charge is 2.19. The fraction of sp³-hybridized carbons (Fsp3) is 0.321. The van der Waals surface area contributed by atoms with Crippen molar-refractivity contribution in [2.75, 3.05) is 50.5 Å². The van der Waals surface area contributed by atoms with Crippen LogP contribution in [0.5, 0.6) is 5.75 Å². The number of piperazine rings is 1. The van der Waals surface area contributed by atoms with Gasteiger partial charge in [-0.05, 0) is 47.5 Å². The van der Waals surface area contributed by atoms with Crippen LogP contribution < -0.4 is 15.0 Å². The van der Waals surface area contributed by atoms with E-state index >= 15 is 0 Å². The van der Waals surface area contributed by atoms with Gasteiger partial charge in [-0.2, -0.15) is 11.8 Å². The maximum absolute atomic E-state index is 12.5. The topological polar surface area (TPSA) is 44.8 Å². The highest BCUT2D eigenvalue weighted by atomic mass is 35.5. The van der Waals surface area contributed by atoms with E-state index in [1.807, 2.05) is 48.5 Å². The Labute approximate surface area is 217 Å². The predicted octanol–water partition coefficient (Wildman–Crippen LogP) is 5.33. The number of halogens is 1. The molecule has 1 saturated heterocycles. The van der Waals surface area contributed by atoms with Crippen LogP contribution in [0.2, 0.25) is 5.02 Å². The van der Waals surface area contributed by atoms with Crippen molar-refractivity contribution in [3.63, 3.8) is 0 Å². The number of ether oxygens (including phenoxy) is 1. The molecule has 184 valence electrons. The highest BCUT2D eigenvalue weighted by molar-refractivity contribution is 7.98. The van der Waals surface area contributed by atoms with Crippen molar-refractivity contribution in [3.8, 4) is 5.75 Å². The minimum absolute atomic E-state index is 0.0194. The first-order valence-electron chi connectivity index (χ1n) is 11.9. The molecule has 1 amide bonds. The molecule has 0 saturated carbocycles. The summed E-state index contributed by atoms with van der Waals surface area (Å²) in [5.41, 5.74) is 4.33. The van der Waals surface area contributed by atoms with Crippen LogP contribution in [0, 0.1) is 0 Å². The third kappa shape index (κ3) is 7.40. The van der Waals surface area contributed by atoms with Crippen molar-refractivity contribution >= 4 is 35.0 Å². The molecule has 0 bridgehead atoms. The minimum atomic E-state index is -0.0194. The van der Waals surface area contributed by atoms with E-state index in [2.05, 4.69) is 39.4 Å². The smallest absolute Gasteiger partial charge is 0.251 e. The number of benzene rings is 3. The van der Waals surface area contributed by atoms with E-state index in [0.29, 0.717) is 12.1 Å². The summed E-state index contributed by atoms with van der Waals surface area (Å²) in [5.74, 6) is 2.69. The number of amides is 1. The zero-order valence-corrected chi connectivity index (χ0v) is 21.7. The molecule has 1 aliphatic heterocycles. The summed E-state index contributed by atoms with van der Waals surface area (Å²) in [7, 11) is 1.72. The zero-order valence-electron chi connectivity index (χ0n) is 20.1. The first kappa shape index (κ1) is 25.4. The van der Waals surface area contributed by atoms with Gasteiger partial charge < -0.3 is 15.0 Å². The van der Waals surface area contributed by atoms with Crippen LogP contribution in [0.1, 0.15) is 21.5 Å². The quantitative estimate of drug-likeness (QED) is 0.374. The van der Waals surface area contributed by atoms with E-state index in [9.17, 15) is 4.79 Å². The van der Waals surface area contributed by atoms with Gasteiger partial charge >= 0.3 is 0 Å². The monoisotopic (exact) mass is 509 g/mol. The molecule has 0 aliphatic carbocycles. The van der Waals surface area contributed by atoms with Gasteiger partial charge in [0.2, 0.25) is 0 Å². The number of methoxy groups -OCH3 is 1. The molecule has 1 aliphatic rings. The Balaban J connectivity index is 1.17. The highest BCUT2D eigenvalue weighted by Crippen LogP contribution is 2.28. The van der Waals surface area contributed by atoms with E-state index in [1.165, 1.54) is 11.1 Å². The van der Waals surface area contributed by atoms with Gasteiger partial charge in [0.25, 0.3) is 5.91 Å². The summed E-state index contributed by atoms with van der Waals surface area (Å²) in [6.45, 7) is 5.47. The van der Waals surface area contributed by atoms with Crippen molar-refractivity contribution in [2.45, 2.75) is 12.3 Å². The molecule has 1 N–H and O–H groups in total. The van der Waals surface area contributed by atoms with Crippen LogP contribution in [0.3, 0.4) is 0 Å². The molecular formula is C28H32ClN3O2S. The first-order valence-corrected chi connectivity index (χ1v) is 13.5. The number of nitrogens with zero attached hydrogens (tertiary/aromatic N) is 2. The summed E-state index contributed by atoms with van der Waals surface area (Å²) in [4.78, 5) is 17.3. The second-order valence-electron chi connectivity index (χ2n) is 8.57. The Morgan fingerprint density at radius 3 is 2.34 bits per heavy atom. The standard InChI is InChI=1S/C28H32ClN3O2S/c1-34-27-5-3-2-4-26(27)32-17-15-31(16-18-32)20-22-6-10-24(11-7-22)28(33)30-14-19-35-21-23-8-12-25(29)13-9-23/h2-13H,14-21H2,1H3,(H,30,33). The zero-order chi connectivity index (χ0) is 24.5. The Bertz CT molecular complexity index is 1080. The minimum Gasteiger partial charge on any atom is -0.495 e. The first-order chi connectivity index (χ1) is 17.1. The Morgan fingerprint density at radius 2 is 1.63 bits per heavy atom. The summed E-state index contributed by atoms with van der Waals surface area (Å²) >= 11 is 7.72. The van der Waals surface area contributed by atoms with E-state index in [0.717, 1.165) is 60.7 Å². The Hall–Kier alpha value is -2.67. The van der Waals surface area contributed by atoms with Crippen molar-refractivity contribution in [1.82, 2.24) is 10.2 Å². The number of carbonyl (C=O) groups is 1. The molecule has 0 aromatic heterocycles. The molecule has 35 heavy (non-hydrogen) atoms. The number of hydrogen-bond acceptors (Lipinski definition) is 5. The number of rotatable bonds is 10. The average molecular weight is 510 g/mol. The molecular weight excluding hydrogens is 478 g/mol. The van der Waals surface area contributed by atoms with Crippen LogP contribution in [-0.2, 0) is 12.3 Å². The van der Waals surface area contributed by atoms with Gasteiger partial charge in [-0.3, -0.25) is 9.69 Å². The third-order valence-corrected chi connectivity index (χ3v) is 7.42. The lowest BCUT2D eigenvalue weighted by atomic mass is 10.1. The van der Waals surface area contributed by atoms with Gasteiger partial charge in [0.15, 0.2) is 0 Å². The molecule has 4 rings (SSSR count). The number of para-hydroxylation sites is 2. The lowest BCUT2D eigenvalue weighted by Gasteiger charge is -2.36. The largest absolute Gasteiger partial charge is 0.495 e. The summed E-state index contributed by atoms with van der Waals surface area (Å²) in [6.07, 6.45) is 0. The molecule has 1 fully saturated rings. The molecule has 7 heteroatoms. The van der Waals surface area contributed by atoms with Gasteiger partial charge in [0, 0.05) is 61.4 Å². The van der Waals surface area contributed by atoms with Crippen molar-refractivity contribution < 1.29 is 9.53 Å². The fourth-order valence-electron chi connectivity index (χ4n) is 4.17. The molecule has 5 nitrogen and oxygen atoms in total. The van der Waals surface area contributed by atoms with Crippen molar-refractivity contribution in [2.24, 2.45) is 0 Å². The third-order valence-electron chi connectivity index (χ3n) is 6.13. The van der Waals surface area contributed by atoms with Crippen molar-refractivity contribution in [3.05, 3.63) is 94.5 Å². The molecule has 3 aromatic carbocycles.